The predicted molar refractivity (Wildman–Crippen MR) is 107 cm³/mol. The maximum Gasteiger partial charge on any atom is 0.278 e. The lowest BCUT2D eigenvalue weighted by Gasteiger charge is -2.35. The van der Waals surface area contributed by atoms with Crippen molar-refractivity contribution in [1.82, 2.24) is 10.2 Å². The molecule has 27 heavy (non-hydrogen) atoms. The van der Waals surface area contributed by atoms with E-state index in [-0.39, 0.29) is 17.4 Å². The van der Waals surface area contributed by atoms with Gasteiger partial charge in [-0.05, 0) is 39.1 Å². The monoisotopic (exact) mass is 394 g/mol. The van der Waals surface area contributed by atoms with Crippen LogP contribution < -0.4 is 15.1 Å². The number of piperazine rings is 1. The highest BCUT2D eigenvalue weighted by atomic mass is 32.1. The van der Waals surface area contributed by atoms with Crippen LogP contribution in [0.15, 0.2) is 11.4 Å². The Balaban J connectivity index is 1.44. The SMILES string of the molecule is C[C@@H]1c2ccsc2CC[NH+]1CC(=O)N1CC[NH+](CC(=O)NC(C)(C)C)CC1. The minimum Gasteiger partial charge on any atom is -0.347 e. The molecule has 7 heteroatoms. The Hall–Kier alpha value is -1.44. The molecule has 0 radical (unpaired) electrons. The van der Waals surface area contributed by atoms with Crippen molar-refractivity contribution in [2.45, 2.75) is 45.7 Å². The van der Waals surface area contributed by atoms with Crippen LogP contribution in [0.1, 0.15) is 44.2 Å². The Kier molecular flexibility index (Phi) is 6.23. The normalized spacial score (nSPS) is 23.8. The molecule has 0 bridgehead atoms. The minimum atomic E-state index is -0.190. The number of hydrogen-bond donors (Lipinski definition) is 3. The molecule has 2 atom stereocenters. The highest BCUT2D eigenvalue weighted by molar-refractivity contribution is 7.10. The third kappa shape index (κ3) is 5.30. The Morgan fingerprint density at radius 1 is 1.22 bits per heavy atom. The molecule has 1 fully saturated rings. The van der Waals surface area contributed by atoms with E-state index < -0.39 is 0 Å². The Morgan fingerprint density at radius 3 is 2.59 bits per heavy atom. The van der Waals surface area contributed by atoms with Gasteiger partial charge in [-0.3, -0.25) is 9.59 Å². The van der Waals surface area contributed by atoms with Crippen molar-refractivity contribution in [3.8, 4) is 0 Å². The van der Waals surface area contributed by atoms with Crippen LogP contribution in [0.5, 0.6) is 0 Å². The van der Waals surface area contributed by atoms with Crippen LogP contribution >= 0.6 is 11.3 Å². The van der Waals surface area contributed by atoms with Gasteiger partial charge in [0.1, 0.15) is 6.04 Å². The van der Waals surface area contributed by atoms with Crippen LogP contribution in [0.2, 0.25) is 0 Å². The maximum atomic E-state index is 12.8. The molecular weight excluding hydrogens is 360 g/mol. The van der Waals surface area contributed by atoms with E-state index in [2.05, 4.69) is 23.7 Å². The van der Waals surface area contributed by atoms with Gasteiger partial charge in [-0.2, -0.15) is 0 Å². The fraction of sp³-hybridized carbons (Fsp3) is 0.700. The van der Waals surface area contributed by atoms with Crippen molar-refractivity contribution in [3.63, 3.8) is 0 Å². The molecule has 0 saturated carbocycles. The first kappa shape index (κ1) is 20.3. The summed E-state index contributed by atoms with van der Waals surface area (Å²) in [5, 5.41) is 5.19. The van der Waals surface area contributed by atoms with E-state index in [1.165, 1.54) is 20.2 Å². The molecule has 1 aromatic heterocycles. The van der Waals surface area contributed by atoms with Crippen molar-refractivity contribution < 1.29 is 19.4 Å². The average molecular weight is 395 g/mol. The van der Waals surface area contributed by atoms with Crippen molar-refractivity contribution in [1.29, 1.82) is 0 Å². The van der Waals surface area contributed by atoms with Crippen molar-refractivity contribution >= 4 is 23.2 Å². The summed E-state index contributed by atoms with van der Waals surface area (Å²) in [5.74, 6) is 0.351. The lowest BCUT2D eigenvalue weighted by molar-refractivity contribution is -0.924. The highest BCUT2D eigenvalue weighted by Crippen LogP contribution is 2.24. The average Bonchev–Trinajstić information content (AvgIpc) is 3.05. The summed E-state index contributed by atoms with van der Waals surface area (Å²) >= 11 is 1.84. The second-order valence-corrected chi connectivity index (χ2v) is 9.96. The number of thiophene rings is 1. The van der Waals surface area contributed by atoms with E-state index in [0.29, 0.717) is 19.1 Å². The molecule has 1 aromatic rings. The lowest BCUT2D eigenvalue weighted by atomic mass is 10.0. The van der Waals surface area contributed by atoms with Crippen molar-refractivity contribution in [3.05, 3.63) is 21.9 Å². The first-order valence-corrected chi connectivity index (χ1v) is 10.9. The number of carbonyl (C=O) groups excluding carboxylic acids is 2. The zero-order chi connectivity index (χ0) is 19.6. The summed E-state index contributed by atoms with van der Waals surface area (Å²) < 4.78 is 0. The topological polar surface area (TPSA) is 58.3 Å². The molecule has 3 N–H and O–H groups in total. The Bertz CT molecular complexity index is 674. The van der Waals surface area contributed by atoms with Gasteiger partial charge < -0.3 is 20.0 Å². The van der Waals surface area contributed by atoms with Gasteiger partial charge in [-0.25, -0.2) is 0 Å². The van der Waals surface area contributed by atoms with E-state index in [0.717, 1.165) is 39.1 Å². The van der Waals surface area contributed by atoms with Crippen LogP contribution in [-0.2, 0) is 16.0 Å². The summed E-state index contributed by atoms with van der Waals surface area (Å²) in [6.07, 6.45) is 1.08. The molecule has 2 aliphatic heterocycles. The highest BCUT2D eigenvalue weighted by Gasteiger charge is 2.33. The summed E-state index contributed by atoms with van der Waals surface area (Å²) in [6.45, 7) is 13.6. The number of carbonyl (C=O) groups is 2. The van der Waals surface area contributed by atoms with E-state index >= 15 is 0 Å². The number of fused-ring (bicyclic) bond motifs is 1. The minimum absolute atomic E-state index is 0.0930. The predicted octanol–water partition coefficient (Wildman–Crippen LogP) is -1.11. The summed E-state index contributed by atoms with van der Waals surface area (Å²) in [5.41, 5.74) is 1.23. The van der Waals surface area contributed by atoms with E-state index in [4.69, 9.17) is 0 Å². The molecule has 0 spiro atoms. The number of nitrogens with one attached hydrogen (secondary N) is 3. The van der Waals surface area contributed by atoms with Gasteiger partial charge >= 0.3 is 0 Å². The molecule has 1 saturated heterocycles. The first-order chi connectivity index (χ1) is 12.7. The molecule has 2 amide bonds. The number of rotatable bonds is 4. The van der Waals surface area contributed by atoms with Crippen LogP contribution in [0.25, 0.3) is 0 Å². The van der Waals surface area contributed by atoms with Gasteiger partial charge in [0.05, 0.1) is 32.7 Å². The van der Waals surface area contributed by atoms with Gasteiger partial charge in [0, 0.05) is 22.4 Å². The third-order valence-electron chi connectivity index (χ3n) is 5.66. The zero-order valence-electron chi connectivity index (χ0n) is 17.1. The largest absolute Gasteiger partial charge is 0.347 e. The molecule has 0 aliphatic carbocycles. The quantitative estimate of drug-likeness (QED) is 0.607. The van der Waals surface area contributed by atoms with E-state index in [1.807, 2.05) is 37.0 Å². The number of hydrogen-bond acceptors (Lipinski definition) is 3. The van der Waals surface area contributed by atoms with E-state index in [9.17, 15) is 9.59 Å². The van der Waals surface area contributed by atoms with Crippen molar-refractivity contribution in [2.24, 2.45) is 0 Å². The standard InChI is InChI=1S/C20H32N4O2S/c1-15-16-6-12-27-17(16)5-7-24(15)14-19(26)23-10-8-22(9-11-23)13-18(25)21-20(2,3)4/h6,12,15H,5,7-11,13-14H2,1-4H3,(H,21,25)/p+2/t15-/m1/s1. The van der Waals surface area contributed by atoms with Crippen LogP contribution in [0.3, 0.4) is 0 Å². The van der Waals surface area contributed by atoms with Gasteiger partial charge in [0.2, 0.25) is 0 Å². The third-order valence-corrected chi connectivity index (χ3v) is 6.65. The maximum absolute atomic E-state index is 12.8. The van der Waals surface area contributed by atoms with E-state index in [1.54, 1.807) is 0 Å². The van der Waals surface area contributed by atoms with Gasteiger partial charge in [0.15, 0.2) is 13.1 Å². The van der Waals surface area contributed by atoms with Gasteiger partial charge in [-0.15, -0.1) is 11.3 Å². The number of nitrogens with zero attached hydrogens (tertiary/aromatic N) is 1. The second-order valence-electron chi connectivity index (χ2n) is 8.96. The smallest absolute Gasteiger partial charge is 0.278 e. The zero-order valence-corrected chi connectivity index (χ0v) is 17.9. The number of quaternary nitrogens is 2. The summed E-state index contributed by atoms with van der Waals surface area (Å²) in [6, 6.07) is 2.62. The summed E-state index contributed by atoms with van der Waals surface area (Å²) in [4.78, 5) is 31.0. The molecule has 150 valence electrons. The molecular formula is C20H34N4O2S+2. The van der Waals surface area contributed by atoms with Crippen LogP contribution in [-0.4, -0.2) is 68.1 Å². The molecule has 0 aromatic carbocycles. The fourth-order valence-electron chi connectivity index (χ4n) is 4.14. The van der Waals surface area contributed by atoms with Crippen LogP contribution in [0, 0.1) is 0 Å². The lowest BCUT2D eigenvalue weighted by Crippen LogP contribution is -3.16. The number of amides is 2. The summed E-state index contributed by atoms with van der Waals surface area (Å²) in [7, 11) is 0. The molecule has 1 unspecified atom stereocenters. The molecule has 6 nitrogen and oxygen atoms in total. The second kappa shape index (κ2) is 8.29. The first-order valence-electron chi connectivity index (χ1n) is 10.1. The molecule has 3 rings (SSSR count). The Morgan fingerprint density at radius 2 is 1.93 bits per heavy atom. The van der Waals surface area contributed by atoms with Gasteiger partial charge in [0.25, 0.3) is 11.8 Å². The Labute approximate surface area is 166 Å². The van der Waals surface area contributed by atoms with Crippen LogP contribution in [0.4, 0.5) is 0 Å². The molecule has 2 aliphatic rings. The fourth-order valence-corrected chi connectivity index (χ4v) is 5.12. The molecule has 3 heterocycles. The van der Waals surface area contributed by atoms with Gasteiger partial charge in [-0.1, -0.05) is 0 Å². The van der Waals surface area contributed by atoms with Crippen molar-refractivity contribution in [2.75, 3.05) is 45.8 Å².